The van der Waals surface area contributed by atoms with Gasteiger partial charge in [0.1, 0.15) is 11.7 Å². The second kappa shape index (κ2) is 5.50. The molecule has 2 N–H and O–H groups in total. The van der Waals surface area contributed by atoms with Crippen LogP contribution in [0.1, 0.15) is 24.2 Å². The van der Waals surface area contributed by atoms with Crippen LogP contribution in [0.5, 0.6) is 0 Å². The van der Waals surface area contributed by atoms with E-state index >= 15 is 0 Å². The number of allylic oxidation sites excluding steroid dienone is 4. The zero-order chi connectivity index (χ0) is 13.0. The van der Waals surface area contributed by atoms with Gasteiger partial charge in [-0.2, -0.15) is 0 Å². The summed E-state index contributed by atoms with van der Waals surface area (Å²) in [6, 6.07) is 2.95. The van der Waals surface area contributed by atoms with Gasteiger partial charge in [0.15, 0.2) is 0 Å². The smallest absolute Gasteiger partial charge is 0.133 e. The Hall–Kier alpha value is -1.81. The van der Waals surface area contributed by atoms with Crippen molar-refractivity contribution in [3.8, 4) is 0 Å². The molecule has 1 atom stereocenters. The van der Waals surface area contributed by atoms with E-state index in [-0.39, 0.29) is 11.6 Å². The fourth-order valence-electron chi connectivity index (χ4n) is 1.35. The van der Waals surface area contributed by atoms with E-state index in [1.807, 2.05) is 0 Å². The van der Waals surface area contributed by atoms with E-state index in [4.69, 9.17) is 5.73 Å². The Morgan fingerprint density at radius 2 is 2.12 bits per heavy atom. The van der Waals surface area contributed by atoms with Crippen molar-refractivity contribution in [1.82, 2.24) is 4.98 Å². The summed E-state index contributed by atoms with van der Waals surface area (Å²) in [6.45, 7) is 8.12. The monoisotopic (exact) mass is 236 g/mol. The number of rotatable bonds is 4. The number of hydrogen-bond donors (Lipinski definition) is 1. The maximum absolute atomic E-state index is 13.4. The first kappa shape index (κ1) is 13.3. The molecular weight excluding hydrogens is 222 g/mol. The van der Waals surface area contributed by atoms with Crippen LogP contribution in [-0.4, -0.2) is 4.98 Å². The molecular formula is C13H14F2N2. The van der Waals surface area contributed by atoms with Crippen molar-refractivity contribution in [2.45, 2.75) is 13.0 Å². The molecule has 1 heterocycles. The number of nitrogens with two attached hydrogens (primary N) is 1. The normalized spacial score (nSPS) is 13.9. The van der Waals surface area contributed by atoms with Crippen LogP contribution < -0.4 is 5.73 Å². The Morgan fingerprint density at radius 3 is 2.47 bits per heavy atom. The van der Waals surface area contributed by atoms with Gasteiger partial charge in [0, 0.05) is 17.8 Å². The van der Waals surface area contributed by atoms with Gasteiger partial charge in [-0.25, -0.2) is 8.78 Å². The minimum atomic E-state index is -0.863. The minimum absolute atomic E-state index is 0.227. The number of aromatic nitrogens is 1. The molecule has 90 valence electrons. The van der Waals surface area contributed by atoms with Crippen molar-refractivity contribution in [3.63, 3.8) is 0 Å². The van der Waals surface area contributed by atoms with E-state index < -0.39 is 11.7 Å². The highest BCUT2D eigenvalue weighted by Gasteiger charge is 2.12. The topological polar surface area (TPSA) is 38.9 Å². The van der Waals surface area contributed by atoms with Crippen LogP contribution in [0.3, 0.4) is 0 Å². The van der Waals surface area contributed by atoms with Crippen molar-refractivity contribution in [2.75, 3.05) is 0 Å². The summed E-state index contributed by atoms with van der Waals surface area (Å²) in [7, 11) is 0. The van der Waals surface area contributed by atoms with Crippen molar-refractivity contribution >= 4 is 5.57 Å². The Morgan fingerprint density at radius 1 is 1.47 bits per heavy atom. The van der Waals surface area contributed by atoms with Crippen molar-refractivity contribution < 1.29 is 8.78 Å². The number of halogens is 2. The van der Waals surface area contributed by atoms with Gasteiger partial charge in [0.2, 0.25) is 0 Å². The molecule has 0 aromatic carbocycles. The summed E-state index contributed by atoms with van der Waals surface area (Å²) in [5.41, 5.74) is 6.35. The Bertz CT molecular complexity index is 459. The van der Waals surface area contributed by atoms with Gasteiger partial charge < -0.3 is 5.73 Å². The molecule has 0 saturated carbocycles. The van der Waals surface area contributed by atoms with Gasteiger partial charge in [0.25, 0.3) is 0 Å². The molecule has 0 aliphatic carbocycles. The molecule has 0 bridgehead atoms. The van der Waals surface area contributed by atoms with Crippen molar-refractivity contribution in [3.05, 3.63) is 60.5 Å². The Kier molecular flexibility index (Phi) is 4.29. The van der Waals surface area contributed by atoms with E-state index in [9.17, 15) is 8.78 Å². The zero-order valence-electron chi connectivity index (χ0n) is 9.58. The van der Waals surface area contributed by atoms with Gasteiger partial charge in [-0.3, -0.25) is 4.98 Å². The molecule has 0 fully saturated rings. The maximum Gasteiger partial charge on any atom is 0.133 e. The molecule has 0 radical (unpaired) electrons. The molecule has 1 rings (SSSR count). The lowest BCUT2D eigenvalue weighted by Gasteiger charge is -2.08. The molecule has 1 unspecified atom stereocenters. The lowest BCUT2D eigenvalue weighted by atomic mass is 10.1. The van der Waals surface area contributed by atoms with Gasteiger partial charge in [0.05, 0.1) is 11.3 Å². The SMILES string of the molecule is C=C/C(F)=C(\C(=C)F)c1ccc(C(C)N)nc1. The van der Waals surface area contributed by atoms with E-state index in [1.165, 1.54) is 6.20 Å². The van der Waals surface area contributed by atoms with Crippen molar-refractivity contribution in [2.24, 2.45) is 5.73 Å². The summed E-state index contributed by atoms with van der Waals surface area (Å²) in [4.78, 5) is 4.03. The van der Waals surface area contributed by atoms with E-state index in [0.717, 1.165) is 6.08 Å². The van der Waals surface area contributed by atoms with Crippen LogP contribution in [-0.2, 0) is 0 Å². The van der Waals surface area contributed by atoms with Crippen LogP contribution in [0.15, 0.2) is 49.2 Å². The first-order chi connectivity index (χ1) is 7.97. The van der Waals surface area contributed by atoms with E-state index in [2.05, 4.69) is 18.1 Å². The van der Waals surface area contributed by atoms with Crippen LogP contribution in [0, 0.1) is 0 Å². The molecule has 1 aromatic rings. The van der Waals surface area contributed by atoms with Gasteiger partial charge in [-0.1, -0.05) is 19.2 Å². The third kappa shape index (κ3) is 3.07. The lowest BCUT2D eigenvalue weighted by Crippen LogP contribution is -2.07. The van der Waals surface area contributed by atoms with Crippen LogP contribution in [0.2, 0.25) is 0 Å². The van der Waals surface area contributed by atoms with Crippen molar-refractivity contribution in [1.29, 1.82) is 0 Å². The summed E-state index contributed by atoms with van der Waals surface area (Å²) < 4.78 is 26.6. The van der Waals surface area contributed by atoms with Crippen LogP contribution in [0.4, 0.5) is 8.78 Å². The predicted octanol–water partition coefficient (Wildman–Crippen LogP) is 3.45. The van der Waals surface area contributed by atoms with Gasteiger partial charge in [-0.15, -0.1) is 0 Å². The Balaban J connectivity index is 3.23. The first-order valence-corrected chi connectivity index (χ1v) is 5.06. The highest BCUT2D eigenvalue weighted by molar-refractivity contribution is 5.78. The molecule has 0 saturated heterocycles. The third-order valence-corrected chi connectivity index (χ3v) is 2.23. The highest BCUT2D eigenvalue weighted by atomic mass is 19.1. The van der Waals surface area contributed by atoms with E-state index in [0.29, 0.717) is 11.3 Å². The van der Waals surface area contributed by atoms with Crippen LogP contribution in [0.25, 0.3) is 5.57 Å². The molecule has 1 aromatic heterocycles. The molecule has 2 nitrogen and oxygen atoms in total. The standard InChI is InChI=1S/C13H14F2N2/c1-4-11(15)13(8(2)14)10-5-6-12(9(3)16)17-7-10/h4-7,9H,1-2,16H2,3H3/b13-11-. The summed E-state index contributed by atoms with van der Waals surface area (Å²) in [6.07, 6.45) is 2.29. The fourth-order valence-corrected chi connectivity index (χ4v) is 1.35. The maximum atomic E-state index is 13.4. The van der Waals surface area contributed by atoms with Gasteiger partial charge >= 0.3 is 0 Å². The zero-order valence-corrected chi connectivity index (χ0v) is 9.58. The Labute approximate surface area is 99.2 Å². The minimum Gasteiger partial charge on any atom is -0.323 e. The number of pyridine rings is 1. The number of hydrogen-bond acceptors (Lipinski definition) is 2. The molecule has 0 aliphatic rings. The quantitative estimate of drug-likeness (QED) is 0.813. The molecule has 0 aliphatic heterocycles. The summed E-state index contributed by atoms with van der Waals surface area (Å²) >= 11 is 0. The molecule has 0 spiro atoms. The summed E-state index contributed by atoms with van der Waals surface area (Å²) in [5.74, 6) is -1.63. The number of nitrogens with zero attached hydrogens (tertiary/aromatic N) is 1. The average molecular weight is 236 g/mol. The second-order valence-corrected chi connectivity index (χ2v) is 3.59. The molecule has 0 amide bonds. The predicted molar refractivity (Wildman–Crippen MR) is 65.3 cm³/mol. The lowest BCUT2D eigenvalue weighted by molar-refractivity contribution is 0.643. The summed E-state index contributed by atoms with van der Waals surface area (Å²) in [5, 5.41) is 0. The third-order valence-electron chi connectivity index (χ3n) is 2.23. The van der Waals surface area contributed by atoms with E-state index in [1.54, 1.807) is 19.1 Å². The largest absolute Gasteiger partial charge is 0.323 e. The molecule has 17 heavy (non-hydrogen) atoms. The fraction of sp³-hybridized carbons (Fsp3) is 0.154. The van der Waals surface area contributed by atoms with Crippen LogP contribution >= 0.6 is 0 Å². The highest BCUT2D eigenvalue weighted by Crippen LogP contribution is 2.27. The second-order valence-electron chi connectivity index (χ2n) is 3.59. The van der Waals surface area contributed by atoms with Gasteiger partial charge in [-0.05, 0) is 19.1 Å². The molecule has 4 heteroatoms. The average Bonchev–Trinajstić information content (AvgIpc) is 2.29. The first-order valence-electron chi connectivity index (χ1n) is 5.06.